The maximum atomic E-state index is 13.5. The number of nitrogens with zero attached hydrogens (tertiary/aromatic N) is 4. The fourth-order valence-corrected chi connectivity index (χ4v) is 3.38. The van der Waals surface area contributed by atoms with Crippen molar-refractivity contribution in [3.05, 3.63) is 89.4 Å². The van der Waals surface area contributed by atoms with Gasteiger partial charge in [0.05, 0.1) is 23.6 Å². The zero-order valence-electron chi connectivity index (χ0n) is 18.0. The van der Waals surface area contributed by atoms with Crippen molar-refractivity contribution in [1.29, 1.82) is 0 Å². The lowest BCUT2D eigenvalue weighted by Crippen LogP contribution is -2.08. The van der Waals surface area contributed by atoms with Crippen molar-refractivity contribution in [1.82, 2.24) is 19.5 Å². The van der Waals surface area contributed by atoms with Gasteiger partial charge in [-0.1, -0.05) is 29.8 Å². The molecule has 0 radical (unpaired) electrons. The summed E-state index contributed by atoms with van der Waals surface area (Å²) in [5.74, 6) is -0.699. The van der Waals surface area contributed by atoms with E-state index in [-0.39, 0.29) is 5.02 Å². The van der Waals surface area contributed by atoms with Crippen LogP contribution in [0.4, 0.5) is 21.8 Å². The summed E-state index contributed by atoms with van der Waals surface area (Å²) in [5.41, 5.74) is 3.73. The Hall–Kier alpha value is -4.24. The molecule has 2 heterocycles. The van der Waals surface area contributed by atoms with Crippen LogP contribution in [0.2, 0.25) is 5.02 Å². The Morgan fingerprint density at radius 2 is 2.09 bits per heavy atom. The minimum atomic E-state index is -1.02. The van der Waals surface area contributed by atoms with E-state index in [4.69, 9.17) is 16.7 Å². The molecule has 8 nitrogen and oxygen atoms in total. The van der Waals surface area contributed by atoms with Crippen molar-refractivity contribution in [3.63, 3.8) is 0 Å². The van der Waals surface area contributed by atoms with Crippen LogP contribution < -0.4 is 10.6 Å². The molecule has 172 valence electrons. The molecule has 0 bridgehead atoms. The standard InChI is InChI=1S/C24H20ClFN6O2/c1-32-14-27-11-18(32)12-28-23-19(16-4-2-3-15(9-16)5-8-22(33)34)13-29-24(31-23)30-17-6-7-21(26)20(25)10-17/h2-11,13-14H,12H2,1H3,(H,33,34)(H2,28,29,30,31)/b8-5+. The number of nitrogens with one attached hydrogen (secondary N) is 2. The molecule has 4 aromatic rings. The third kappa shape index (κ3) is 5.57. The second-order valence-electron chi connectivity index (χ2n) is 7.36. The lowest BCUT2D eigenvalue weighted by molar-refractivity contribution is -0.131. The van der Waals surface area contributed by atoms with Crippen molar-refractivity contribution >= 4 is 41.1 Å². The number of benzene rings is 2. The fraction of sp³-hybridized carbons (Fsp3) is 0.0833. The summed E-state index contributed by atoms with van der Waals surface area (Å²) >= 11 is 5.88. The van der Waals surface area contributed by atoms with E-state index in [9.17, 15) is 9.18 Å². The highest BCUT2D eigenvalue weighted by molar-refractivity contribution is 6.31. The number of aryl methyl sites for hydroxylation is 1. The zero-order valence-corrected chi connectivity index (χ0v) is 18.8. The Labute approximate surface area is 199 Å². The summed E-state index contributed by atoms with van der Waals surface area (Å²) in [4.78, 5) is 24.0. The van der Waals surface area contributed by atoms with Gasteiger partial charge in [0.15, 0.2) is 0 Å². The van der Waals surface area contributed by atoms with Gasteiger partial charge in [0.25, 0.3) is 0 Å². The number of carboxylic acids is 1. The molecule has 0 spiro atoms. The molecule has 2 aromatic carbocycles. The molecule has 0 amide bonds. The van der Waals surface area contributed by atoms with Gasteiger partial charge in [0.1, 0.15) is 11.6 Å². The minimum Gasteiger partial charge on any atom is -0.478 e. The summed E-state index contributed by atoms with van der Waals surface area (Å²) in [6.07, 6.45) is 7.72. The first kappa shape index (κ1) is 22.9. The molecule has 4 rings (SSSR count). The lowest BCUT2D eigenvalue weighted by atomic mass is 10.0. The van der Waals surface area contributed by atoms with E-state index in [2.05, 4.69) is 25.6 Å². The highest BCUT2D eigenvalue weighted by atomic mass is 35.5. The third-order valence-corrected chi connectivity index (χ3v) is 5.22. The number of halogens is 2. The number of carbonyl (C=O) groups is 1. The van der Waals surface area contributed by atoms with Gasteiger partial charge in [-0.2, -0.15) is 4.98 Å². The Kier molecular flexibility index (Phi) is 6.84. The largest absolute Gasteiger partial charge is 0.478 e. The average molecular weight is 479 g/mol. The summed E-state index contributed by atoms with van der Waals surface area (Å²) in [7, 11) is 1.90. The SMILES string of the molecule is Cn1cncc1CNc1nc(Nc2ccc(F)c(Cl)c2)ncc1-c1cccc(/C=C/C(=O)O)c1. The third-order valence-electron chi connectivity index (χ3n) is 4.93. The highest BCUT2D eigenvalue weighted by Crippen LogP contribution is 2.29. The molecular weight excluding hydrogens is 459 g/mol. The van der Waals surface area contributed by atoms with Crippen molar-refractivity contribution in [2.45, 2.75) is 6.54 Å². The monoisotopic (exact) mass is 478 g/mol. The van der Waals surface area contributed by atoms with Gasteiger partial charge in [-0.25, -0.2) is 19.2 Å². The summed E-state index contributed by atoms with van der Waals surface area (Å²) in [6, 6.07) is 11.6. The molecular formula is C24H20ClFN6O2. The molecule has 0 atom stereocenters. The molecule has 3 N–H and O–H groups in total. The Balaban J connectivity index is 1.68. The van der Waals surface area contributed by atoms with Crippen molar-refractivity contribution in [2.75, 3.05) is 10.6 Å². The number of carboxylic acid groups (broad SMARTS) is 1. The first-order chi connectivity index (χ1) is 16.4. The van der Waals surface area contributed by atoms with E-state index in [1.807, 2.05) is 29.8 Å². The number of aliphatic carboxylic acids is 1. The number of aromatic nitrogens is 4. The van der Waals surface area contributed by atoms with Crippen molar-refractivity contribution in [3.8, 4) is 11.1 Å². The van der Waals surface area contributed by atoms with Crippen LogP contribution in [-0.2, 0) is 18.4 Å². The molecule has 34 heavy (non-hydrogen) atoms. The van der Waals surface area contributed by atoms with E-state index in [0.29, 0.717) is 24.0 Å². The number of imidazole rings is 1. The minimum absolute atomic E-state index is 0.0117. The van der Waals surface area contributed by atoms with Crippen molar-refractivity contribution < 1.29 is 14.3 Å². The van der Waals surface area contributed by atoms with E-state index in [1.54, 1.807) is 30.9 Å². The van der Waals surface area contributed by atoms with Crippen LogP contribution in [0.1, 0.15) is 11.3 Å². The second-order valence-corrected chi connectivity index (χ2v) is 7.76. The molecule has 0 aliphatic rings. The van der Waals surface area contributed by atoms with Gasteiger partial charge in [-0.15, -0.1) is 0 Å². The Morgan fingerprint density at radius 3 is 2.82 bits per heavy atom. The molecule has 10 heteroatoms. The van der Waals surface area contributed by atoms with Gasteiger partial charge < -0.3 is 20.3 Å². The molecule has 0 aliphatic carbocycles. The van der Waals surface area contributed by atoms with Crippen LogP contribution in [0.5, 0.6) is 0 Å². The normalized spacial score (nSPS) is 11.0. The van der Waals surface area contributed by atoms with E-state index in [0.717, 1.165) is 28.5 Å². The first-order valence-corrected chi connectivity index (χ1v) is 10.6. The molecule has 2 aromatic heterocycles. The predicted molar refractivity (Wildman–Crippen MR) is 129 cm³/mol. The molecule has 0 fully saturated rings. The molecule has 0 saturated carbocycles. The predicted octanol–water partition coefficient (Wildman–Crippen LogP) is 5.12. The first-order valence-electron chi connectivity index (χ1n) is 10.2. The number of anilines is 3. The number of hydrogen-bond acceptors (Lipinski definition) is 6. The quantitative estimate of drug-likeness (QED) is 0.302. The van der Waals surface area contributed by atoms with Gasteiger partial charge in [-0.05, 0) is 41.5 Å². The van der Waals surface area contributed by atoms with Crippen molar-refractivity contribution in [2.24, 2.45) is 7.05 Å². The smallest absolute Gasteiger partial charge is 0.328 e. The molecule has 0 unspecified atom stereocenters. The van der Waals surface area contributed by atoms with Gasteiger partial charge in [-0.3, -0.25) is 0 Å². The van der Waals surface area contributed by atoms with Crippen LogP contribution in [0.15, 0.2) is 67.3 Å². The van der Waals surface area contributed by atoms with Crippen LogP contribution >= 0.6 is 11.6 Å². The topological polar surface area (TPSA) is 105 Å². The Bertz CT molecular complexity index is 1370. The fourth-order valence-electron chi connectivity index (χ4n) is 3.20. The number of hydrogen-bond donors (Lipinski definition) is 3. The zero-order chi connectivity index (χ0) is 24.1. The summed E-state index contributed by atoms with van der Waals surface area (Å²) in [5, 5.41) is 15.3. The molecule has 0 aliphatic heterocycles. The van der Waals surface area contributed by atoms with E-state index in [1.165, 1.54) is 18.2 Å². The van der Waals surface area contributed by atoms with Gasteiger partial charge in [0, 0.05) is 36.8 Å². The lowest BCUT2D eigenvalue weighted by Gasteiger charge is -2.14. The molecule has 0 saturated heterocycles. The van der Waals surface area contributed by atoms with Crippen LogP contribution in [0.3, 0.4) is 0 Å². The second kappa shape index (κ2) is 10.1. The summed E-state index contributed by atoms with van der Waals surface area (Å²) in [6.45, 7) is 0.459. The van der Waals surface area contributed by atoms with Gasteiger partial charge >= 0.3 is 5.97 Å². The van der Waals surface area contributed by atoms with E-state index >= 15 is 0 Å². The van der Waals surface area contributed by atoms with Gasteiger partial charge in [0.2, 0.25) is 5.95 Å². The Morgan fingerprint density at radius 1 is 1.24 bits per heavy atom. The summed E-state index contributed by atoms with van der Waals surface area (Å²) < 4.78 is 15.4. The number of rotatable bonds is 8. The average Bonchev–Trinajstić information content (AvgIpc) is 3.23. The maximum Gasteiger partial charge on any atom is 0.328 e. The van der Waals surface area contributed by atoms with Crippen LogP contribution in [0, 0.1) is 5.82 Å². The van der Waals surface area contributed by atoms with Crippen LogP contribution in [-0.4, -0.2) is 30.6 Å². The highest BCUT2D eigenvalue weighted by Gasteiger charge is 2.12. The van der Waals surface area contributed by atoms with Crippen LogP contribution in [0.25, 0.3) is 17.2 Å². The maximum absolute atomic E-state index is 13.5. The van der Waals surface area contributed by atoms with E-state index < -0.39 is 11.8 Å².